The Bertz CT molecular complexity index is 1210. The lowest BCUT2D eigenvalue weighted by atomic mass is 9.72. The van der Waals surface area contributed by atoms with Crippen LogP contribution in [-0.4, -0.2) is 56.7 Å². The SMILES string of the molecule is CCC1(c2ccc(NC(=O)c3cccc(S(=O)(=O)N4CCOCC4)c3)cc2)CCC(=O)NC1=O. The van der Waals surface area contributed by atoms with Crippen LogP contribution in [0.15, 0.2) is 53.4 Å². The summed E-state index contributed by atoms with van der Waals surface area (Å²) in [4.78, 5) is 37.0. The van der Waals surface area contributed by atoms with Crippen molar-refractivity contribution in [1.82, 2.24) is 9.62 Å². The maximum Gasteiger partial charge on any atom is 0.255 e. The van der Waals surface area contributed by atoms with Crippen molar-refractivity contribution in [1.29, 1.82) is 0 Å². The molecule has 0 aromatic heterocycles. The number of hydrogen-bond donors (Lipinski definition) is 2. The van der Waals surface area contributed by atoms with Gasteiger partial charge in [0.1, 0.15) is 0 Å². The summed E-state index contributed by atoms with van der Waals surface area (Å²) in [5.74, 6) is -1.02. The van der Waals surface area contributed by atoms with Gasteiger partial charge in [-0.3, -0.25) is 19.7 Å². The molecule has 34 heavy (non-hydrogen) atoms. The summed E-state index contributed by atoms with van der Waals surface area (Å²) in [6.07, 6.45) is 1.26. The molecule has 2 aliphatic rings. The number of benzene rings is 2. The van der Waals surface area contributed by atoms with Crippen LogP contribution in [0.1, 0.15) is 42.1 Å². The van der Waals surface area contributed by atoms with Crippen molar-refractivity contribution in [3.05, 3.63) is 59.7 Å². The standard InChI is InChI=1S/C24H27N3O6S/c1-2-24(11-10-21(28)26-23(24)30)18-6-8-19(9-7-18)25-22(29)17-4-3-5-20(16-17)34(31,32)27-12-14-33-15-13-27/h3-9,16H,2,10-15H2,1H3,(H,25,29)(H,26,28,30). The molecule has 0 aliphatic carbocycles. The maximum atomic E-state index is 12.9. The van der Waals surface area contributed by atoms with E-state index in [1.807, 2.05) is 6.92 Å². The molecule has 180 valence electrons. The number of carbonyl (C=O) groups is 3. The van der Waals surface area contributed by atoms with Crippen LogP contribution in [0.4, 0.5) is 5.69 Å². The number of nitrogens with one attached hydrogen (secondary N) is 2. The number of amides is 3. The van der Waals surface area contributed by atoms with Crippen molar-refractivity contribution in [3.8, 4) is 0 Å². The van der Waals surface area contributed by atoms with Gasteiger partial charge in [0.25, 0.3) is 5.91 Å². The fourth-order valence-corrected chi connectivity index (χ4v) is 5.83. The van der Waals surface area contributed by atoms with Gasteiger partial charge in [-0.05, 0) is 48.7 Å². The van der Waals surface area contributed by atoms with E-state index in [1.165, 1.54) is 16.4 Å². The number of anilines is 1. The van der Waals surface area contributed by atoms with Gasteiger partial charge in [0.15, 0.2) is 0 Å². The number of sulfonamides is 1. The molecule has 4 rings (SSSR count). The van der Waals surface area contributed by atoms with Crippen LogP contribution in [0.3, 0.4) is 0 Å². The molecule has 3 amide bonds. The molecule has 2 saturated heterocycles. The molecule has 2 heterocycles. The average Bonchev–Trinajstić information content (AvgIpc) is 2.86. The molecular formula is C24H27N3O6S. The molecule has 0 bridgehead atoms. The number of nitrogens with zero attached hydrogens (tertiary/aromatic N) is 1. The summed E-state index contributed by atoms with van der Waals surface area (Å²) in [5.41, 5.74) is 0.720. The van der Waals surface area contributed by atoms with E-state index in [0.29, 0.717) is 31.7 Å². The topological polar surface area (TPSA) is 122 Å². The van der Waals surface area contributed by atoms with E-state index in [1.54, 1.807) is 36.4 Å². The minimum atomic E-state index is -3.72. The van der Waals surface area contributed by atoms with E-state index in [2.05, 4.69) is 10.6 Å². The summed E-state index contributed by atoms with van der Waals surface area (Å²) in [5, 5.41) is 5.20. The number of morpholine rings is 1. The summed E-state index contributed by atoms with van der Waals surface area (Å²) in [7, 11) is -3.72. The second kappa shape index (κ2) is 9.65. The summed E-state index contributed by atoms with van der Waals surface area (Å²) in [6.45, 7) is 3.13. The van der Waals surface area contributed by atoms with Crippen molar-refractivity contribution in [2.75, 3.05) is 31.6 Å². The van der Waals surface area contributed by atoms with Crippen molar-refractivity contribution in [3.63, 3.8) is 0 Å². The largest absolute Gasteiger partial charge is 0.379 e. The highest BCUT2D eigenvalue weighted by atomic mass is 32.2. The van der Waals surface area contributed by atoms with Gasteiger partial charge in [0.2, 0.25) is 21.8 Å². The molecule has 2 N–H and O–H groups in total. The quantitative estimate of drug-likeness (QED) is 0.604. The molecule has 0 saturated carbocycles. The second-order valence-electron chi connectivity index (χ2n) is 8.39. The summed E-state index contributed by atoms with van der Waals surface area (Å²) < 4.78 is 32.4. The minimum Gasteiger partial charge on any atom is -0.379 e. The molecule has 9 nitrogen and oxygen atoms in total. The third kappa shape index (κ3) is 4.61. The van der Waals surface area contributed by atoms with Gasteiger partial charge in [-0.1, -0.05) is 25.1 Å². The lowest BCUT2D eigenvalue weighted by Gasteiger charge is -2.35. The molecule has 2 aliphatic heterocycles. The summed E-state index contributed by atoms with van der Waals surface area (Å²) >= 11 is 0. The number of piperidine rings is 1. The highest BCUT2D eigenvalue weighted by molar-refractivity contribution is 7.89. The fraction of sp³-hybridized carbons (Fsp3) is 0.375. The number of carbonyl (C=O) groups excluding carboxylic acids is 3. The van der Waals surface area contributed by atoms with E-state index in [-0.39, 0.29) is 41.8 Å². The molecule has 1 unspecified atom stereocenters. The Kier molecular flexibility index (Phi) is 6.83. The van der Waals surface area contributed by atoms with Gasteiger partial charge >= 0.3 is 0 Å². The Labute approximate surface area is 198 Å². The van der Waals surface area contributed by atoms with Crippen LogP contribution in [0.5, 0.6) is 0 Å². The molecule has 2 fully saturated rings. The minimum absolute atomic E-state index is 0.0557. The molecule has 0 spiro atoms. The fourth-order valence-electron chi connectivity index (χ4n) is 4.38. The number of imide groups is 1. The van der Waals surface area contributed by atoms with Gasteiger partial charge in [-0.2, -0.15) is 4.31 Å². The van der Waals surface area contributed by atoms with Gasteiger partial charge in [-0.25, -0.2) is 8.42 Å². The van der Waals surface area contributed by atoms with Gasteiger partial charge in [0, 0.05) is 30.8 Å². The smallest absolute Gasteiger partial charge is 0.255 e. The van der Waals surface area contributed by atoms with Crippen LogP contribution >= 0.6 is 0 Å². The normalized spacial score (nSPS) is 21.7. The van der Waals surface area contributed by atoms with E-state index < -0.39 is 21.3 Å². The zero-order valence-corrected chi connectivity index (χ0v) is 19.7. The van der Waals surface area contributed by atoms with Crippen LogP contribution < -0.4 is 10.6 Å². The lowest BCUT2D eigenvalue weighted by molar-refractivity contribution is -0.138. The van der Waals surface area contributed by atoms with Crippen molar-refractivity contribution in [2.24, 2.45) is 0 Å². The van der Waals surface area contributed by atoms with Gasteiger partial charge in [0.05, 0.1) is 23.5 Å². The third-order valence-electron chi connectivity index (χ3n) is 6.47. The first kappa shape index (κ1) is 24.1. The first-order valence-electron chi connectivity index (χ1n) is 11.2. The molecular weight excluding hydrogens is 458 g/mol. The third-order valence-corrected chi connectivity index (χ3v) is 8.36. The lowest BCUT2D eigenvalue weighted by Crippen LogP contribution is -2.51. The van der Waals surface area contributed by atoms with Crippen LogP contribution in [0, 0.1) is 0 Å². The predicted molar refractivity (Wildman–Crippen MR) is 125 cm³/mol. The van der Waals surface area contributed by atoms with E-state index in [0.717, 1.165) is 5.56 Å². The zero-order chi connectivity index (χ0) is 24.3. The molecule has 1 atom stereocenters. The summed E-state index contributed by atoms with van der Waals surface area (Å²) in [6, 6.07) is 12.9. The first-order valence-corrected chi connectivity index (χ1v) is 12.6. The average molecular weight is 486 g/mol. The highest BCUT2D eigenvalue weighted by Crippen LogP contribution is 2.36. The number of rotatable bonds is 6. The van der Waals surface area contributed by atoms with Crippen molar-refractivity contribution < 1.29 is 27.5 Å². The first-order chi connectivity index (χ1) is 16.3. The van der Waals surface area contributed by atoms with Gasteiger partial charge < -0.3 is 10.1 Å². The predicted octanol–water partition coefficient (Wildman–Crippen LogP) is 2.04. The second-order valence-corrected chi connectivity index (χ2v) is 10.3. The van der Waals surface area contributed by atoms with Crippen LogP contribution in [0.25, 0.3) is 0 Å². The van der Waals surface area contributed by atoms with E-state index in [9.17, 15) is 22.8 Å². The Hall–Kier alpha value is -3.08. The highest BCUT2D eigenvalue weighted by Gasteiger charge is 2.42. The Morgan fingerprint density at radius 1 is 1.12 bits per heavy atom. The molecule has 2 aromatic rings. The maximum absolute atomic E-state index is 12.9. The van der Waals surface area contributed by atoms with Crippen LogP contribution in [-0.2, 0) is 29.8 Å². The van der Waals surface area contributed by atoms with Crippen LogP contribution in [0.2, 0.25) is 0 Å². The van der Waals surface area contributed by atoms with E-state index >= 15 is 0 Å². The van der Waals surface area contributed by atoms with Crippen molar-refractivity contribution >= 4 is 33.4 Å². The van der Waals surface area contributed by atoms with Crippen molar-refractivity contribution in [2.45, 2.75) is 36.5 Å². The Morgan fingerprint density at radius 2 is 1.82 bits per heavy atom. The monoisotopic (exact) mass is 485 g/mol. The number of ether oxygens (including phenoxy) is 1. The Balaban J connectivity index is 1.50. The number of hydrogen-bond acceptors (Lipinski definition) is 6. The Morgan fingerprint density at radius 3 is 2.47 bits per heavy atom. The molecule has 2 aromatic carbocycles. The zero-order valence-electron chi connectivity index (χ0n) is 18.9. The van der Waals surface area contributed by atoms with Gasteiger partial charge in [-0.15, -0.1) is 0 Å². The van der Waals surface area contributed by atoms with E-state index in [4.69, 9.17) is 4.74 Å². The molecule has 10 heteroatoms. The molecule has 0 radical (unpaired) electrons.